The van der Waals surface area contributed by atoms with Crippen LogP contribution < -0.4 is 50.6 Å². The molecule has 2 fully saturated rings. The maximum Gasteiger partial charge on any atom is 1.00 e. The average Bonchev–Trinajstić information content (AvgIpc) is 3.58. The van der Waals surface area contributed by atoms with Crippen LogP contribution in [0.4, 0.5) is 17.1 Å². The number of nitrogen functional groups attached to an aromatic ring is 1. The smallest absolute Gasteiger partial charge is 0.550 e. The Bertz CT molecular complexity index is 1860. The summed E-state index contributed by atoms with van der Waals surface area (Å²) in [6.07, 6.45) is 1.46. The summed E-state index contributed by atoms with van der Waals surface area (Å²) >= 11 is 4.64. The molecule has 5 rings (SSSR count). The van der Waals surface area contributed by atoms with E-state index in [0.717, 1.165) is 12.6 Å². The largest absolute Gasteiger partial charge is 1.00 e. The molecule has 0 spiro atoms. The number of hydrogen-bond donors (Lipinski definition) is 3. The Labute approximate surface area is 370 Å². The number of nitrogens with one attached hydrogen (secondary N) is 1. The first kappa shape index (κ1) is 59.5. The number of halogens is 1. The van der Waals surface area contributed by atoms with Gasteiger partial charge in [-0.15, -0.1) is 11.6 Å². The van der Waals surface area contributed by atoms with Gasteiger partial charge in [-0.1, -0.05) is 81.8 Å². The standard InChI is InChI=1S/C11H11NO3.C11H9NO2.C6H7N.C5H4O3.C4H6O3.C2H4O2.CH3Cl.CH4.Na/c1-8(11(14)15)7-10(13)12-9-5-3-2-4-6-9;1-8-7-10(13)12(11(8)14)9-5-3-2-4-6-9;7-6-4-2-1-3-5-6;1-3-2-4(6)8-5(3)7;1-3(5)7-4(2)6;1-2(3)4;1-2;;/h2-6H,1,7H2,(H,12,13)(H,14,15);2-6H,1,7H2;1-5H,7H2;1-2H2;1-2H3;1H3,(H,3,4);1H3;1H4;/q;;;;;;;;+1/p-1. The van der Waals surface area contributed by atoms with Crippen LogP contribution in [-0.4, -0.2) is 65.0 Å². The summed E-state index contributed by atoms with van der Waals surface area (Å²) < 4.78 is 8.07. The van der Waals surface area contributed by atoms with Gasteiger partial charge in [0.05, 0.1) is 24.9 Å². The van der Waals surface area contributed by atoms with Crippen LogP contribution in [-0.2, 0) is 52.6 Å². The zero-order valence-corrected chi connectivity index (χ0v) is 35.4. The molecule has 3 aromatic carbocycles. The fourth-order valence-corrected chi connectivity index (χ4v) is 3.56. The van der Waals surface area contributed by atoms with Gasteiger partial charge in [-0.05, 0) is 43.3 Å². The molecule has 3 aromatic rings. The Morgan fingerprint density at radius 3 is 1.51 bits per heavy atom. The summed E-state index contributed by atoms with van der Waals surface area (Å²) in [6.45, 7) is 13.5. The minimum Gasteiger partial charge on any atom is -0.550 e. The van der Waals surface area contributed by atoms with Crippen molar-refractivity contribution in [3.63, 3.8) is 0 Å². The molecule has 0 saturated carbocycles. The number of benzene rings is 3. The van der Waals surface area contributed by atoms with Gasteiger partial charge in [-0.2, -0.15) is 0 Å². The van der Waals surface area contributed by atoms with E-state index in [0.29, 0.717) is 16.9 Å². The minimum absolute atomic E-state index is 0. The summed E-state index contributed by atoms with van der Waals surface area (Å²) in [5.41, 5.74) is 7.91. The number of cyclic esters (lactones) is 2. The van der Waals surface area contributed by atoms with Gasteiger partial charge in [0.15, 0.2) is 0 Å². The number of para-hydroxylation sites is 3. The Morgan fingerprint density at radius 2 is 1.24 bits per heavy atom. The van der Waals surface area contributed by atoms with Gasteiger partial charge in [0.1, 0.15) is 0 Å². The number of alkyl halides is 1. The first-order valence-corrected chi connectivity index (χ1v) is 16.8. The van der Waals surface area contributed by atoms with Crippen LogP contribution in [0.1, 0.15) is 47.5 Å². The van der Waals surface area contributed by atoms with Crippen molar-refractivity contribution >= 4 is 82.2 Å². The second-order valence-corrected chi connectivity index (χ2v) is 10.7. The summed E-state index contributed by atoms with van der Waals surface area (Å²) in [5, 5.41) is 20.0. The third-order valence-electron chi connectivity index (χ3n) is 5.81. The van der Waals surface area contributed by atoms with E-state index >= 15 is 0 Å². The Hall–Kier alpha value is -6.20. The third kappa shape index (κ3) is 29.7. The van der Waals surface area contributed by atoms with Crippen molar-refractivity contribution in [1.29, 1.82) is 0 Å². The topological polar surface area (TPSA) is 257 Å². The van der Waals surface area contributed by atoms with Crippen molar-refractivity contribution in [3.05, 3.63) is 127 Å². The monoisotopic (exact) mass is 847 g/mol. The van der Waals surface area contributed by atoms with Crippen LogP contribution in [0.2, 0.25) is 0 Å². The average molecular weight is 848 g/mol. The van der Waals surface area contributed by atoms with Gasteiger partial charge in [-0.25, -0.2) is 14.5 Å². The van der Waals surface area contributed by atoms with E-state index in [9.17, 15) is 38.4 Å². The second kappa shape index (κ2) is 33.9. The number of nitrogens with two attached hydrogens (primary N) is 1. The number of amides is 3. The van der Waals surface area contributed by atoms with E-state index in [4.69, 9.17) is 20.7 Å². The molecule has 2 saturated heterocycles. The second-order valence-electron chi connectivity index (χ2n) is 10.7. The number of anilines is 3. The van der Waals surface area contributed by atoms with Crippen LogP contribution in [0, 0.1) is 0 Å². The number of ether oxygens (including phenoxy) is 2. The van der Waals surface area contributed by atoms with Crippen molar-refractivity contribution in [2.45, 2.75) is 47.5 Å². The maximum absolute atomic E-state index is 11.5. The molecular weight excluding hydrogens is 801 g/mol. The van der Waals surface area contributed by atoms with Crippen molar-refractivity contribution in [3.8, 4) is 0 Å². The van der Waals surface area contributed by atoms with E-state index in [2.05, 4.69) is 46.1 Å². The molecule has 2 heterocycles. The number of nitrogens with zero attached hydrogens (tertiary/aromatic N) is 1. The Balaban J connectivity index is -0.000000317. The third-order valence-corrected chi connectivity index (χ3v) is 5.81. The number of esters is 4. The molecule has 2 aliphatic heterocycles. The fourth-order valence-electron chi connectivity index (χ4n) is 3.56. The minimum atomic E-state index is -1.15. The normalized spacial score (nSPS) is 11.4. The van der Waals surface area contributed by atoms with E-state index in [1.807, 2.05) is 42.5 Å². The molecule has 0 radical (unpaired) electrons. The quantitative estimate of drug-likeness (QED) is 0.0630. The van der Waals surface area contributed by atoms with Crippen molar-refractivity contribution < 1.29 is 92.4 Å². The summed E-state index contributed by atoms with van der Waals surface area (Å²) in [7, 11) is 0. The molecule has 0 unspecified atom stereocenters. The van der Waals surface area contributed by atoms with Crippen LogP contribution in [0.3, 0.4) is 0 Å². The molecular formula is C41H47ClN3NaO13. The molecule has 0 bridgehead atoms. The van der Waals surface area contributed by atoms with Gasteiger partial charge < -0.3 is 35.5 Å². The molecule has 16 nitrogen and oxygen atoms in total. The molecule has 0 atom stereocenters. The first-order chi connectivity index (χ1) is 26.7. The number of rotatable bonds is 5. The van der Waals surface area contributed by atoms with E-state index in [1.54, 1.807) is 48.5 Å². The van der Waals surface area contributed by atoms with Crippen molar-refractivity contribution in [2.24, 2.45) is 0 Å². The Morgan fingerprint density at radius 1 is 0.814 bits per heavy atom. The van der Waals surface area contributed by atoms with E-state index in [1.165, 1.54) is 25.1 Å². The first-order valence-electron chi connectivity index (χ1n) is 16.1. The molecule has 18 heteroatoms. The number of carboxylic acids is 2. The van der Waals surface area contributed by atoms with E-state index in [-0.39, 0.29) is 85.1 Å². The van der Waals surface area contributed by atoms with Crippen molar-refractivity contribution in [2.75, 3.05) is 22.3 Å². The van der Waals surface area contributed by atoms with Gasteiger partial charge in [0.25, 0.3) is 5.91 Å². The number of carbonyl (C=O) groups excluding carboxylic acids is 8. The van der Waals surface area contributed by atoms with Crippen LogP contribution >= 0.6 is 11.6 Å². The summed E-state index contributed by atoms with van der Waals surface area (Å²) in [6, 6.07) is 27.2. The van der Waals surface area contributed by atoms with Crippen LogP contribution in [0.25, 0.3) is 0 Å². The molecule has 0 aliphatic carbocycles. The maximum atomic E-state index is 11.5. The zero-order valence-electron chi connectivity index (χ0n) is 32.7. The predicted molar refractivity (Wildman–Crippen MR) is 217 cm³/mol. The number of carboxylic acid groups (broad SMARTS) is 2. The molecule has 3 amide bonds. The summed E-state index contributed by atoms with van der Waals surface area (Å²) in [5.74, 6) is -5.32. The van der Waals surface area contributed by atoms with Gasteiger partial charge in [0, 0.05) is 54.3 Å². The number of hydrogen-bond acceptors (Lipinski definition) is 13. The Kier molecular flexibility index (Phi) is 34.2. The molecule has 4 N–H and O–H groups in total. The number of aliphatic carboxylic acids is 2. The van der Waals surface area contributed by atoms with Gasteiger partial charge >= 0.3 is 59.4 Å². The zero-order chi connectivity index (χ0) is 44.1. The summed E-state index contributed by atoms with van der Waals surface area (Å²) in [4.78, 5) is 94.7. The fraction of sp³-hybridized carbons (Fsp3) is 0.195. The van der Waals surface area contributed by atoms with Crippen LogP contribution in [0.15, 0.2) is 127 Å². The van der Waals surface area contributed by atoms with Crippen molar-refractivity contribution in [1.82, 2.24) is 0 Å². The number of carbonyl (C=O) groups is 9. The van der Waals surface area contributed by atoms with E-state index < -0.39 is 35.8 Å². The molecule has 59 heavy (non-hydrogen) atoms. The molecule has 2 aliphatic rings. The number of imide groups is 1. The van der Waals surface area contributed by atoms with Gasteiger partial charge in [-0.3, -0.25) is 28.8 Å². The SMILES string of the molecule is C.C=C(CC(=O)Nc1ccccc1)C(=O)O.C=C1CC(=O)N(c2ccccc2)C1=O.C=C1CC(=O)OC1=O.CC(=O)OC(C)=O.CC(=O)[O-].CCl.Nc1ccccc1.[Na+]. The predicted octanol–water partition coefficient (Wildman–Crippen LogP) is 1.79. The molecule has 312 valence electrons. The van der Waals surface area contributed by atoms with Gasteiger partial charge in [0.2, 0.25) is 11.8 Å². The molecule has 0 aromatic heterocycles. The van der Waals surface area contributed by atoms with Crippen LogP contribution in [0.5, 0.6) is 0 Å².